The maximum absolute atomic E-state index is 13.9. The Hall–Kier alpha value is -3.45. The van der Waals surface area contributed by atoms with Gasteiger partial charge < -0.3 is 19.7 Å². The quantitative estimate of drug-likeness (QED) is 0.362. The lowest BCUT2D eigenvalue weighted by Crippen LogP contribution is -2.32. The molecule has 0 unspecified atom stereocenters. The third kappa shape index (κ3) is 8.55. The number of ether oxygens (including phenoxy) is 2. The highest BCUT2D eigenvalue weighted by molar-refractivity contribution is 5.78. The minimum absolute atomic E-state index is 0.149. The Morgan fingerprint density at radius 2 is 1.76 bits per heavy atom. The monoisotopic (exact) mass is 519 g/mol. The summed E-state index contributed by atoms with van der Waals surface area (Å²) in [5.41, 5.74) is 3.34. The van der Waals surface area contributed by atoms with Crippen LogP contribution in [0.25, 0.3) is 11.1 Å². The molecule has 2 aromatic carbocycles. The number of aromatic nitrogens is 1. The van der Waals surface area contributed by atoms with Crippen molar-refractivity contribution in [2.75, 3.05) is 33.4 Å². The van der Waals surface area contributed by atoms with Gasteiger partial charge in [0.25, 0.3) is 0 Å². The van der Waals surface area contributed by atoms with Gasteiger partial charge in [-0.05, 0) is 86.3 Å². The molecule has 4 rings (SSSR count). The number of amides is 1. The summed E-state index contributed by atoms with van der Waals surface area (Å²) in [6, 6.07) is 16.4. The molecule has 1 fully saturated rings. The van der Waals surface area contributed by atoms with Crippen molar-refractivity contribution in [3.8, 4) is 22.6 Å². The zero-order valence-corrected chi connectivity index (χ0v) is 22.6. The second-order valence-electron chi connectivity index (χ2n) is 10.6. The van der Waals surface area contributed by atoms with Crippen molar-refractivity contribution in [3.63, 3.8) is 0 Å². The summed E-state index contributed by atoms with van der Waals surface area (Å²) < 4.78 is 25.6. The number of benzene rings is 2. The number of rotatable bonds is 11. The van der Waals surface area contributed by atoms with E-state index in [0.29, 0.717) is 35.4 Å². The molecule has 6 nitrogen and oxygen atoms in total. The lowest BCUT2D eigenvalue weighted by atomic mass is 9.98. The SMILES string of the molecule is CC(C)COc1cc(F)cc(CNC(=O)Cc2ccc(-c3ccc(OCC4CCN(C)CC4)cc3)cn2)c1. The van der Waals surface area contributed by atoms with Gasteiger partial charge in [0.1, 0.15) is 17.3 Å². The predicted octanol–water partition coefficient (Wildman–Crippen LogP) is 5.50. The van der Waals surface area contributed by atoms with Crippen LogP contribution < -0.4 is 14.8 Å². The van der Waals surface area contributed by atoms with Crippen molar-refractivity contribution in [3.05, 3.63) is 77.9 Å². The van der Waals surface area contributed by atoms with E-state index in [1.54, 1.807) is 12.3 Å². The maximum atomic E-state index is 13.9. The first-order chi connectivity index (χ1) is 18.3. The van der Waals surface area contributed by atoms with Crippen molar-refractivity contribution in [1.29, 1.82) is 0 Å². The molecule has 0 radical (unpaired) electrons. The minimum Gasteiger partial charge on any atom is -0.493 e. The Kier molecular flexibility index (Phi) is 9.71. The summed E-state index contributed by atoms with van der Waals surface area (Å²) in [4.78, 5) is 19.3. The van der Waals surface area contributed by atoms with Gasteiger partial charge in [0.2, 0.25) is 5.91 Å². The zero-order valence-electron chi connectivity index (χ0n) is 22.6. The number of hydrogen-bond donors (Lipinski definition) is 1. The van der Waals surface area contributed by atoms with Crippen molar-refractivity contribution in [2.45, 2.75) is 39.7 Å². The van der Waals surface area contributed by atoms with Crippen LogP contribution in [0.2, 0.25) is 0 Å². The standard InChI is InChI=1S/C31H38FN3O3/c1-22(2)20-37-30-15-24(14-27(32)16-30)18-34-31(36)17-28-7-4-26(19-33-28)25-5-8-29(9-6-25)38-21-23-10-12-35(3)13-11-23/h4-9,14-16,19,22-23H,10-13,17-18,20-21H2,1-3H3,(H,34,36). The molecule has 202 valence electrons. The molecule has 38 heavy (non-hydrogen) atoms. The summed E-state index contributed by atoms with van der Waals surface area (Å²) in [5.74, 6) is 1.75. The van der Waals surface area contributed by atoms with E-state index in [0.717, 1.165) is 36.6 Å². The number of nitrogens with zero attached hydrogens (tertiary/aromatic N) is 2. The predicted molar refractivity (Wildman–Crippen MR) is 148 cm³/mol. The fourth-order valence-corrected chi connectivity index (χ4v) is 4.38. The molecule has 1 saturated heterocycles. The van der Waals surface area contributed by atoms with Crippen LogP contribution >= 0.6 is 0 Å². The van der Waals surface area contributed by atoms with Gasteiger partial charge in [-0.1, -0.05) is 32.0 Å². The van der Waals surface area contributed by atoms with Crippen LogP contribution in [0.3, 0.4) is 0 Å². The van der Waals surface area contributed by atoms with Crippen LogP contribution in [0.15, 0.2) is 60.8 Å². The number of pyridine rings is 1. The molecule has 0 aliphatic carbocycles. The van der Waals surface area contributed by atoms with Crippen LogP contribution in [0.4, 0.5) is 4.39 Å². The van der Waals surface area contributed by atoms with Gasteiger partial charge in [-0.15, -0.1) is 0 Å². The molecule has 1 amide bonds. The second kappa shape index (κ2) is 13.4. The molecule has 1 aromatic heterocycles. The second-order valence-corrected chi connectivity index (χ2v) is 10.6. The van der Waals surface area contributed by atoms with Gasteiger partial charge in [0.05, 0.1) is 19.6 Å². The van der Waals surface area contributed by atoms with Crippen LogP contribution in [-0.4, -0.2) is 49.1 Å². The van der Waals surface area contributed by atoms with E-state index < -0.39 is 0 Å². The maximum Gasteiger partial charge on any atom is 0.226 e. The molecular formula is C31H38FN3O3. The van der Waals surface area contributed by atoms with Gasteiger partial charge in [0.15, 0.2) is 0 Å². The van der Waals surface area contributed by atoms with Gasteiger partial charge >= 0.3 is 0 Å². The highest BCUT2D eigenvalue weighted by Gasteiger charge is 2.17. The number of hydrogen-bond acceptors (Lipinski definition) is 5. The van der Waals surface area contributed by atoms with Crippen molar-refractivity contribution in [2.24, 2.45) is 11.8 Å². The van der Waals surface area contributed by atoms with E-state index in [2.05, 4.69) is 22.2 Å². The normalized spacial score (nSPS) is 14.4. The Morgan fingerprint density at radius 3 is 2.45 bits per heavy atom. The fraction of sp³-hybridized carbons (Fsp3) is 0.419. The molecule has 0 saturated carbocycles. The highest BCUT2D eigenvalue weighted by Crippen LogP contribution is 2.24. The molecule has 1 aliphatic rings. The average Bonchev–Trinajstić information content (AvgIpc) is 2.91. The van der Waals surface area contributed by atoms with Crippen molar-refractivity contribution in [1.82, 2.24) is 15.2 Å². The van der Waals surface area contributed by atoms with Gasteiger partial charge in [-0.25, -0.2) is 4.39 Å². The van der Waals surface area contributed by atoms with Gasteiger partial charge in [0, 0.05) is 30.1 Å². The van der Waals surface area contributed by atoms with Crippen LogP contribution in [0.5, 0.6) is 11.5 Å². The first-order valence-electron chi connectivity index (χ1n) is 13.4. The number of halogens is 1. The Morgan fingerprint density at radius 1 is 1.03 bits per heavy atom. The molecular weight excluding hydrogens is 481 g/mol. The van der Waals surface area contributed by atoms with Crippen molar-refractivity contribution < 1.29 is 18.7 Å². The number of piperidine rings is 1. The van der Waals surface area contributed by atoms with Crippen LogP contribution in [0.1, 0.15) is 37.9 Å². The lowest BCUT2D eigenvalue weighted by Gasteiger charge is -2.28. The number of carbonyl (C=O) groups excluding carboxylic acids is 1. The summed E-state index contributed by atoms with van der Waals surface area (Å²) in [6.07, 6.45) is 4.30. The van der Waals surface area contributed by atoms with Crippen LogP contribution in [-0.2, 0) is 17.8 Å². The third-order valence-electron chi connectivity index (χ3n) is 6.68. The largest absolute Gasteiger partial charge is 0.493 e. The summed E-state index contributed by atoms with van der Waals surface area (Å²) in [7, 11) is 2.17. The smallest absolute Gasteiger partial charge is 0.226 e. The summed E-state index contributed by atoms with van der Waals surface area (Å²) in [5, 5.41) is 2.84. The average molecular weight is 520 g/mol. The molecule has 7 heteroatoms. The summed E-state index contributed by atoms with van der Waals surface area (Å²) in [6.45, 7) is 7.83. The first kappa shape index (κ1) is 27.6. The molecule has 0 atom stereocenters. The van der Waals surface area contributed by atoms with E-state index in [-0.39, 0.29) is 24.7 Å². The van der Waals surface area contributed by atoms with E-state index >= 15 is 0 Å². The molecule has 3 aromatic rings. The first-order valence-corrected chi connectivity index (χ1v) is 13.4. The Balaban J connectivity index is 1.24. The molecule has 1 N–H and O–H groups in total. The minimum atomic E-state index is -0.385. The molecule has 0 spiro atoms. The van der Waals surface area contributed by atoms with Crippen molar-refractivity contribution >= 4 is 5.91 Å². The fourth-order valence-electron chi connectivity index (χ4n) is 4.38. The summed E-state index contributed by atoms with van der Waals surface area (Å²) >= 11 is 0. The van der Waals surface area contributed by atoms with Gasteiger partial charge in [-0.3, -0.25) is 9.78 Å². The van der Waals surface area contributed by atoms with Crippen LogP contribution in [0, 0.1) is 17.7 Å². The van der Waals surface area contributed by atoms with E-state index in [9.17, 15) is 9.18 Å². The van der Waals surface area contributed by atoms with E-state index in [4.69, 9.17) is 9.47 Å². The number of carbonyl (C=O) groups is 1. The third-order valence-corrected chi connectivity index (χ3v) is 6.68. The molecule has 2 heterocycles. The topological polar surface area (TPSA) is 63.7 Å². The van der Waals surface area contributed by atoms with E-state index in [1.807, 2.05) is 50.2 Å². The number of likely N-dealkylation sites (tertiary alicyclic amines) is 1. The molecule has 1 aliphatic heterocycles. The Labute approximate surface area is 225 Å². The number of nitrogens with one attached hydrogen (secondary N) is 1. The highest BCUT2D eigenvalue weighted by atomic mass is 19.1. The zero-order chi connectivity index (χ0) is 26.9. The lowest BCUT2D eigenvalue weighted by molar-refractivity contribution is -0.120. The Bertz CT molecular complexity index is 1170. The van der Waals surface area contributed by atoms with Gasteiger partial charge in [-0.2, -0.15) is 0 Å². The molecule has 0 bridgehead atoms. The van der Waals surface area contributed by atoms with E-state index in [1.165, 1.54) is 25.0 Å².